The number of aryl methyl sites for hydroxylation is 1. The number of carbonyl (C=O) groups is 1. The number of hydrogen-bond acceptors (Lipinski definition) is 4. The Balaban J connectivity index is 1.39. The fourth-order valence-corrected chi connectivity index (χ4v) is 5.34. The molecule has 0 bridgehead atoms. The zero-order valence-electron chi connectivity index (χ0n) is 16.7. The predicted molar refractivity (Wildman–Crippen MR) is 105 cm³/mol. The quantitative estimate of drug-likeness (QED) is 0.800. The van der Waals surface area contributed by atoms with Crippen LogP contribution in [0.4, 0.5) is 0 Å². The second-order valence-corrected chi connectivity index (χ2v) is 8.26. The molecule has 1 aromatic carbocycles. The van der Waals surface area contributed by atoms with Gasteiger partial charge in [-0.1, -0.05) is 37.3 Å². The fraction of sp³-hybridized carbons (Fsp3) is 0.545. The van der Waals surface area contributed by atoms with Crippen molar-refractivity contribution >= 4 is 5.91 Å². The van der Waals surface area contributed by atoms with Gasteiger partial charge in [0, 0.05) is 43.7 Å². The summed E-state index contributed by atoms with van der Waals surface area (Å²) < 4.78 is 8.50. The summed E-state index contributed by atoms with van der Waals surface area (Å²) in [4.78, 5) is 17.5. The zero-order chi connectivity index (χ0) is 19.3. The minimum absolute atomic E-state index is 0.0349. The van der Waals surface area contributed by atoms with Gasteiger partial charge in [-0.05, 0) is 18.9 Å². The van der Waals surface area contributed by atoms with Gasteiger partial charge in [-0.2, -0.15) is 5.10 Å². The number of hydrogen-bond donors (Lipinski definition) is 0. The average molecular weight is 380 g/mol. The third-order valence-corrected chi connectivity index (χ3v) is 6.76. The summed E-state index contributed by atoms with van der Waals surface area (Å²) >= 11 is 0. The first-order valence-electron chi connectivity index (χ1n) is 10.4. The Kier molecular flexibility index (Phi) is 4.29. The lowest BCUT2D eigenvalue weighted by Crippen LogP contribution is -2.48. The lowest BCUT2D eigenvalue weighted by molar-refractivity contribution is -0.138. The van der Waals surface area contributed by atoms with Crippen LogP contribution in [0.3, 0.4) is 0 Å². The molecule has 5 rings (SSSR count). The molecule has 1 aromatic heterocycles. The van der Waals surface area contributed by atoms with Gasteiger partial charge in [-0.25, -0.2) is 0 Å². The molecule has 0 unspecified atom stereocenters. The lowest BCUT2D eigenvalue weighted by Gasteiger charge is -2.33. The molecule has 3 atom stereocenters. The average Bonchev–Trinajstić information content (AvgIpc) is 3.41. The van der Waals surface area contributed by atoms with E-state index in [4.69, 9.17) is 4.74 Å². The van der Waals surface area contributed by atoms with Gasteiger partial charge in [0.05, 0.1) is 24.9 Å². The number of likely N-dealkylation sites (tertiary alicyclic amines) is 1. The van der Waals surface area contributed by atoms with Crippen LogP contribution in [0, 0.1) is 6.92 Å². The van der Waals surface area contributed by atoms with Gasteiger partial charge in [0.15, 0.2) is 5.72 Å². The predicted octanol–water partition coefficient (Wildman–Crippen LogP) is 2.88. The van der Waals surface area contributed by atoms with Crippen LogP contribution in [0.1, 0.15) is 49.0 Å². The molecule has 148 valence electrons. The molecule has 6 heteroatoms. The van der Waals surface area contributed by atoms with E-state index >= 15 is 0 Å². The largest absolute Gasteiger partial charge is 0.351 e. The van der Waals surface area contributed by atoms with E-state index in [9.17, 15) is 4.79 Å². The van der Waals surface area contributed by atoms with Crippen LogP contribution >= 0.6 is 0 Å². The van der Waals surface area contributed by atoms with Gasteiger partial charge in [0.25, 0.3) is 0 Å². The maximum absolute atomic E-state index is 13.0. The van der Waals surface area contributed by atoms with Crippen molar-refractivity contribution in [3.63, 3.8) is 0 Å². The zero-order valence-corrected chi connectivity index (χ0v) is 16.7. The molecule has 0 N–H and O–H groups in total. The van der Waals surface area contributed by atoms with E-state index in [0.29, 0.717) is 13.0 Å². The van der Waals surface area contributed by atoms with Crippen LogP contribution in [0.2, 0.25) is 0 Å². The molecule has 3 aliphatic rings. The number of ether oxygens (including phenoxy) is 1. The number of nitrogens with zero attached hydrogens (tertiary/aromatic N) is 4. The number of amides is 1. The Bertz CT molecular complexity index is 880. The van der Waals surface area contributed by atoms with Crippen molar-refractivity contribution in [3.05, 3.63) is 53.3 Å². The molecule has 0 saturated carbocycles. The number of carbonyl (C=O) groups excluding carboxylic acids is 1. The van der Waals surface area contributed by atoms with Gasteiger partial charge >= 0.3 is 0 Å². The van der Waals surface area contributed by atoms with Crippen molar-refractivity contribution < 1.29 is 9.53 Å². The van der Waals surface area contributed by atoms with Crippen LogP contribution in [-0.2, 0) is 22.6 Å². The Hall–Kier alpha value is -2.18. The van der Waals surface area contributed by atoms with E-state index in [1.165, 1.54) is 16.8 Å². The van der Waals surface area contributed by atoms with Gasteiger partial charge in [-0.3, -0.25) is 14.4 Å². The summed E-state index contributed by atoms with van der Waals surface area (Å²) in [7, 11) is 0. The monoisotopic (exact) mass is 380 g/mol. The SMILES string of the molecule is CCCn1ncc(CN2CC[C@@]34OC[C@@H](c5ccccc5)N3C(=O)C[C@@H]24)c1C. The summed E-state index contributed by atoms with van der Waals surface area (Å²) in [6, 6.07) is 10.5. The maximum atomic E-state index is 13.0. The minimum Gasteiger partial charge on any atom is -0.351 e. The van der Waals surface area contributed by atoms with E-state index < -0.39 is 5.72 Å². The molecule has 3 saturated heterocycles. The molecule has 4 heterocycles. The van der Waals surface area contributed by atoms with Crippen molar-refractivity contribution in [2.45, 2.75) is 64.0 Å². The van der Waals surface area contributed by atoms with Crippen molar-refractivity contribution in [1.29, 1.82) is 0 Å². The topological polar surface area (TPSA) is 50.6 Å². The highest BCUT2D eigenvalue weighted by atomic mass is 16.5. The molecule has 3 fully saturated rings. The lowest BCUT2D eigenvalue weighted by atomic mass is 10.0. The molecule has 6 nitrogen and oxygen atoms in total. The highest BCUT2D eigenvalue weighted by Gasteiger charge is 2.64. The second kappa shape index (κ2) is 6.71. The molecule has 28 heavy (non-hydrogen) atoms. The molecular formula is C22H28N4O2. The molecule has 3 aliphatic heterocycles. The number of benzene rings is 1. The molecule has 1 amide bonds. The van der Waals surface area contributed by atoms with Crippen LogP contribution in [0.25, 0.3) is 0 Å². The van der Waals surface area contributed by atoms with E-state index in [0.717, 1.165) is 32.5 Å². The Morgan fingerprint density at radius 3 is 2.89 bits per heavy atom. The number of aromatic nitrogens is 2. The first kappa shape index (κ1) is 17.9. The highest BCUT2D eigenvalue weighted by Crippen LogP contribution is 2.51. The summed E-state index contributed by atoms with van der Waals surface area (Å²) in [5, 5.41) is 4.55. The number of rotatable bonds is 5. The normalized spacial score (nSPS) is 29.5. The van der Waals surface area contributed by atoms with Crippen molar-refractivity contribution in [1.82, 2.24) is 19.6 Å². The van der Waals surface area contributed by atoms with E-state index in [-0.39, 0.29) is 18.0 Å². The van der Waals surface area contributed by atoms with Crippen LogP contribution in [0.5, 0.6) is 0 Å². The first-order valence-corrected chi connectivity index (χ1v) is 10.4. The third kappa shape index (κ3) is 2.54. The molecular weight excluding hydrogens is 352 g/mol. The summed E-state index contributed by atoms with van der Waals surface area (Å²) in [5.74, 6) is 0.222. The van der Waals surface area contributed by atoms with E-state index in [1.807, 2.05) is 24.4 Å². The van der Waals surface area contributed by atoms with Crippen LogP contribution < -0.4 is 0 Å². The molecule has 0 radical (unpaired) electrons. The van der Waals surface area contributed by atoms with Crippen molar-refractivity contribution in [3.8, 4) is 0 Å². The van der Waals surface area contributed by atoms with Crippen LogP contribution in [-0.4, -0.2) is 50.4 Å². The second-order valence-electron chi connectivity index (χ2n) is 8.26. The third-order valence-electron chi connectivity index (χ3n) is 6.76. The van der Waals surface area contributed by atoms with E-state index in [2.05, 4.69) is 45.6 Å². The molecule has 2 aromatic rings. The summed E-state index contributed by atoms with van der Waals surface area (Å²) in [6.07, 6.45) is 4.50. The smallest absolute Gasteiger partial charge is 0.227 e. The Morgan fingerprint density at radius 2 is 2.11 bits per heavy atom. The van der Waals surface area contributed by atoms with Gasteiger partial charge in [-0.15, -0.1) is 0 Å². The highest BCUT2D eigenvalue weighted by molar-refractivity contribution is 5.82. The Labute approximate surface area is 166 Å². The first-order chi connectivity index (χ1) is 13.6. The van der Waals surface area contributed by atoms with Gasteiger partial charge < -0.3 is 9.64 Å². The Morgan fingerprint density at radius 1 is 1.29 bits per heavy atom. The van der Waals surface area contributed by atoms with Crippen molar-refractivity contribution in [2.75, 3.05) is 13.2 Å². The van der Waals surface area contributed by atoms with E-state index in [1.54, 1.807) is 0 Å². The van der Waals surface area contributed by atoms with Crippen molar-refractivity contribution in [2.24, 2.45) is 0 Å². The summed E-state index contributed by atoms with van der Waals surface area (Å²) in [5.41, 5.74) is 3.21. The minimum atomic E-state index is -0.453. The summed E-state index contributed by atoms with van der Waals surface area (Å²) in [6.45, 7) is 7.65. The van der Waals surface area contributed by atoms with Gasteiger partial charge in [0.2, 0.25) is 5.91 Å². The standard InChI is InChI=1S/C22H28N4O2/c1-3-10-25-16(2)18(13-23-25)14-24-11-9-22-20(24)12-21(27)26(22)19(15-28-22)17-7-5-4-6-8-17/h4-8,13,19-20H,3,9-12,14-15H2,1-2H3/t19-,20+,22-/m0/s1. The van der Waals surface area contributed by atoms with Gasteiger partial charge in [0.1, 0.15) is 0 Å². The molecule has 0 aliphatic carbocycles. The fourth-order valence-electron chi connectivity index (χ4n) is 5.34. The van der Waals surface area contributed by atoms with Crippen LogP contribution in [0.15, 0.2) is 36.5 Å². The maximum Gasteiger partial charge on any atom is 0.227 e. The molecule has 1 spiro atoms.